The number of sulfone groups is 1. The molecule has 0 unspecified atom stereocenters. The summed E-state index contributed by atoms with van der Waals surface area (Å²) in [6, 6.07) is 6.97. The molecular formula is C13H21NO2S. The summed E-state index contributed by atoms with van der Waals surface area (Å²) in [6.45, 7) is 6.36. The lowest BCUT2D eigenvalue weighted by Gasteiger charge is -2.27. The SMILES string of the molecule is CCCC(C)(C)Nc1cccc(S(C)(=O)=O)c1. The smallest absolute Gasteiger partial charge is 0.175 e. The van der Waals surface area contributed by atoms with Gasteiger partial charge in [-0.15, -0.1) is 0 Å². The number of hydrogen-bond acceptors (Lipinski definition) is 3. The number of nitrogens with one attached hydrogen (secondary N) is 1. The molecule has 4 heteroatoms. The second-order valence-corrected chi connectivity index (χ2v) is 7.07. The van der Waals surface area contributed by atoms with E-state index in [2.05, 4.69) is 26.1 Å². The standard InChI is InChI=1S/C13H21NO2S/c1-5-9-13(2,3)14-11-7-6-8-12(10-11)17(4,15)16/h6-8,10,14H,5,9H2,1-4H3. The second kappa shape index (κ2) is 5.08. The van der Waals surface area contributed by atoms with Gasteiger partial charge in [-0.1, -0.05) is 19.4 Å². The molecule has 1 aromatic rings. The van der Waals surface area contributed by atoms with Crippen molar-refractivity contribution in [2.24, 2.45) is 0 Å². The van der Waals surface area contributed by atoms with E-state index in [1.54, 1.807) is 18.2 Å². The molecule has 1 N–H and O–H groups in total. The molecule has 1 rings (SSSR count). The monoisotopic (exact) mass is 255 g/mol. The molecule has 0 aliphatic carbocycles. The molecule has 0 atom stereocenters. The predicted octanol–water partition coefficient (Wildman–Crippen LogP) is 3.08. The van der Waals surface area contributed by atoms with Crippen LogP contribution in [0.3, 0.4) is 0 Å². The van der Waals surface area contributed by atoms with Crippen LogP contribution in [0.4, 0.5) is 5.69 Å². The number of anilines is 1. The first-order valence-corrected chi connectivity index (χ1v) is 7.72. The number of hydrogen-bond donors (Lipinski definition) is 1. The van der Waals surface area contributed by atoms with E-state index < -0.39 is 9.84 Å². The Kier molecular flexibility index (Phi) is 4.20. The maximum Gasteiger partial charge on any atom is 0.175 e. The highest BCUT2D eigenvalue weighted by molar-refractivity contribution is 7.90. The Morgan fingerprint density at radius 3 is 2.47 bits per heavy atom. The second-order valence-electron chi connectivity index (χ2n) is 5.06. The van der Waals surface area contributed by atoms with Gasteiger partial charge in [0, 0.05) is 17.5 Å². The van der Waals surface area contributed by atoms with E-state index >= 15 is 0 Å². The Hall–Kier alpha value is -1.03. The lowest BCUT2D eigenvalue weighted by molar-refractivity contribution is 0.511. The quantitative estimate of drug-likeness (QED) is 0.879. The maximum atomic E-state index is 11.4. The zero-order valence-electron chi connectivity index (χ0n) is 10.9. The van der Waals surface area contributed by atoms with Crippen molar-refractivity contribution in [3.8, 4) is 0 Å². The minimum Gasteiger partial charge on any atom is -0.380 e. The van der Waals surface area contributed by atoms with Gasteiger partial charge in [-0.2, -0.15) is 0 Å². The van der Waals surface area contributed by atoms with Crippen LogP contribution in [0.1, 0.15) is 33.6 Å². The molecule has 0 fully saturated rings. The predicted molar refractivity (Wildman–Crippen MR) is 72.2 cm³/mol. The lowest BCUT2D eigenvalue weighted by atomic mass is 9.98. The highest BCUT2D eigenvalue weighted by atomic mass is 32.2. The van der Waals surface area contributed by atoms with Gasteiger partial charge in [0.1, 0.15) is 0 Å². The van der Waals surface area contributed by atoms with Gasteiger partial charge in [-0.05, 0) is 38.5 Å². The summed E-state index contributed by atoms with van der Waals surface area (Å²) in [6.07, 6.45) is 3.35. The molecule has 0 spiro atoms. The molecule has 17 heavy (non-hydrogen) atoms. The molecule has 0 heterocycles. The summed E-state index contributed by atoms with van der Waals surface area (Å²) in [5, 5.41) is 3.37. The summed E-state index contributed by atoms with van der Waals surface area (Å²) in [7, 11) is -3.13. The fourth-order valence-corrected chi connectivity index (χ4v) is 2.55. The van der Waals surface area contributed by atoms with Crippen molar-refractivity contribution < 1.29 is 8.42 Å². The third-order valence-electron chi connectivity index (χ3n) is 2.62. The fourth-order valence-electron chi connectivity index (χ4n) is 1.88. The zero-order chi connectivity index (χ0) is 13.1. The van der Waals surface area contributed by atoms with E-state index in [1.807, 2.05) is 6.07 Å². The topological polar surface area (TPSA) is 46.2 Å². The Morgan fingerprint density at radius 2 is 1.94 bits per heavy atom. The van der Waals surface area contributed by atoms with Crippen LogP contribution in [-0.4, -0.2) is 20.2 Å². The molecule has 0 saturated heterocycles. The van der Waals surface area contributed by atoms with Gasteiger partial charge in [0.25, 0.3) is 0 Å². The van der Waals surface area contributed by atoms with Crippen LogP contribution in [-0.2, 0) is 9.84 Å². The van der Waals surface area contributed by atoms with Gasteiger partial charge in [0.05, 0.1) is 4.90 Å². The molecule has 0 aromatic heterocycles. The van der Waals surface area contributed by atoms with Crippen LogP contribution in [0.2, 0.25) is 0 Å². The molecule has 1 aromatic carbocycles. The van der Waals surface area contributed by atoms with Crippen molar-refractivity contribution in [2.75, 3.05) is 11.6 Å². The Labute approximate surface area is 104 Å². The maximum absolute atomic E-state index is 11.4. The largest absolute Gasteiger partial charge is 0.380 e. The van der Waals surface area contributed by atoms with Gasteiger partial charge in [-0.25, -0.2) is 8.42 Å². The first-order valence-electron chi connectivity index (χ1n) is 5.83. The summed E-state index contributed by atoms with van der Waals surface area (Å²) < 4.78 is 22.9. The molecule has 0 bridgehead atoms. The highest BCUT2D eigenvalue weighted by Crippen LogP contribution is 2.21. The van der Waals surface area contributed by atoms with Crippen LogP contribution in [0, 0.1) is 0 Å². The molecule has 96 valence electrons. The Bertz CT molecular complexity index is 478. The van der Waals surface area contributed by atoms with E-state index in [0.717, 1.165) is 18.5 Å². The van der Waals surface area contributed by atoms with Crippen molar-refractivity contribution in [2.45, 2.75) is 44.0 Å². The van der Waals surface area contributed by atoms with E-state index in [1.165, 1.54) is 6.26 Å². The van der Waals surface area contributed by atoms with E-state index in [-0.39, 0.29) is 5.54 Å². The first-order chi connectivity index (χ1) is 7.74. The van der Waals surface area contributed by atoms with Gasteiger partial charge in [0.15, 0.2) is 9.84 Å². The minimum absolute atomic E-state index is 0.0229. The zero-order valence-corrected chi connectivity index (χ0v) is 11.8. The molecule has 0 aliphatic rings. The summed E-state index contributed by atoms with van der Waals surface area (Å²) in [4.78, 5) is 0.356. The van der Waals surface area contributed by atoms with Crippen LogP contribution in [0.25, 0.3) is 0 Å². The van der Waals surface area contributed by atoms with Crippen molar-refractivity contribution in [1.29, 1.82) is 0 Å². The first kappa shape index (κ1) is 14.0. The molecule has 0 amide bonds. The average molecular weight is 255 g/mol. The molecule has 0 aliphatic heterocycles. The molecule has 3 nitrogen and oxygen atoms in total. The van der Waals surface area contributed by atoms with Crippen LogP contribution < -0.4 is 5.32 Å². The van der Waals surface area contributed by atoms with E-state index in [0.29, 0.717) is 4.90 Å². The normalized spacial score (nSPS) is 12.5. The van der Waals surface area contributed by atoms with Gasteiger partial charge < -0.3 is 5.32 Å². The Balaban J connectivity index is 2.94. The summed E-state index contributed by atoms with van der Waals surface area (Å²) >= 11 is 0. The van der Waals surface area contributed by atoms with Crippen LogP contribution >= 0.6 is 0 Å². The third kappa shape index (κ3) is 4.38. The van der Waals surface area contributed by atoms with Gasteiger partial charge in [-0.3, -0.25) is 0 Å². The van der Waals surface area contributed by atoms with E-state index in [4.69, 9.17) is 0 Å². The summed E-state index contributed by atoms with van der Waals surface area (Å²) in [5.74, 6) is 0. The number of rotatable bonds is 5. The van der Waals surface area contributed by atoms with Gasteiger partial charge in [0.2, 0.25) is 0 Å². The molecule has 0 radical (unpaired) electrons. The average Bonchev–Trinajstić information content (AvgIpc) is 2.15. The Morgan fingerprint density at radius 1 is 1.29 bits per heavy atom. The van der Waals surface area contributed by atoms with Crippen molar-refractivity contribution in [3.05, 3.63) is 24.3 Å². The molecule has 0 saturated carbocycles. The van der Waals surface area contributed by atoms with Crippen LogP contribution in [0.15, 0.2) is 29.2 Å². The van der Waals surface area contributed by atoms with Crippen LogP contribution in [0.5, 0.6) is 0 Å². The minimum atomic E-state index is -3.13. The van der Waals surface area contributed by atoms with Crippen molar-refractivity contribution in [1.82, 2.24) is 0 Å². The van der Waals surface area contributed by atoms with Gasteiger partial charge >= 0.3 is 0 Å². The fraction of sp³-hybridized carbons (Fsp3) is 0.538. The van der Waals surface area contributed by atoms with Crippen molar-refractivity contribution >= 4 is 15.5 Å². The molecular weight excluding hydrogens is 234 g/mol. The van der Waals surface area contributed by atoms with E-state index in [9.17, 15) is 8.42 Å². The highest BCUT2D eigenvalue weighted by Gasteiger charge is 2.16. The number of benzene rings is 1. The lowest BCUT2D eigenvalue weighted by Crippen LogP contribution is -2.30. The summed E-state index contributed by atoms with van der Waals surface area (Å²) in [5.41, 5.74) is 0.830. The third-order valence-corrected chi connectivity index (χ3v) is 3.73. The van der Waals surface area contributed by atoms with Crippen molar-refractivity contribution in [3.63, 3.8) is 0 Å².